The molecule has 1 rings (SSSR count). The molecule has 4 nitrogen and oxygen atoms in total. The van der Waals surface area contributed by atoms with Crippen molar-refractivity contribution in [3.63, 3.8) is 0 Å². The number of likely N-dealkylation sites (N-methyl/N-ethyl adjacent to an activating group) is 1. The van der Waals surface area contributed by atoms with Crippen molar-refractivity contribution in [1.82, 2.24) is 4.98 Å². The molecule has 0 spiro atoms. The van der Waals surface area contributed by atoms with Crippen molar-refractivity contribution in [1.29, 1.82) is 0 Å². The van der Waals surface area contributed by atoms with Crippen LogP contribution in [0, 0.1) is 0 Å². The van der Waals surface area contributed by atoms with Gasteiger partial charge in [-0.1, -0.05) is 0 Å². The van der Waals surface area contributed by atoms with Gasteiger partial charge in [0.15, 0.2) is 0 Å². The Balaban J connectivity index is 2.79. The molecule has 0 radical (unpaired) electrons. The number of hydrogen-bond acceptors (Lipinski definition) is 4. The van der Waals surface area contributed by atoms with Crippen molar-refractivity contribution in [2.75, 3.05) is 24.6 Å². The molecule has 0 atom stereocenters. The molecule has 0 fully saturated rings. The minimum absolute atomic E-state index is 0.0390. The minimum Gasteiger partial charge on any atom is -0.465 e. The predicted octanol–water partition coefficient (Wildman–Crippen LogP) is 2.49. The summed E-state index contributed by atoms with van der Waals surface area (Å²) in [6, 6.07) is 2.18. The van der Waals surface area contributed by atoms with E-state index in [9.17, 15) is 18.0 Å². The second-order valence-electron chi connectivity index (χ2n) is 3.72. The fraction of sp³-hybridized carbons (Fsp3) is 0.500. The Morgan fingerprint density at radius 1 is 1.37 bits per heavy atom. The van der Waals surface area contributed by atoms with Crippen molar-refractivity contribution in [2.24, 2.45) is 0 Å². The number of nitrogens with zero attached hydrogens (tertiary/aromatic N) is 2. The number of rotatable bonds is 5. The summed E-state index contributed by atoms with van der Waals surface area (Å²) in [5, 5.41) is 0. The van der Waals surface area contributed by atoms with Crippen LogP contribution in [0.1, 0.15) is 19.4 Å². The lowest BCUT2D eigenvalue weighted by Gasteiger charge is -2.21. The number of carbonyl (C=O) groups is 1. The third-order valence-corrected chi connectivity index (χ3v) is 2.41. The highest BCUT2D eigenvalue weighted by Gasteiger charge is 2.30. The van der Waals surface area contributed by atoms with Crippen LogP contribution in [0.3, 0.4) is 0 Å². The van der Waals surface area contributed by atoms with Crippen LogP contribution in [-0.4, -0.2) is 30.6 Å². The molecule has 0 aliphatic heterocycles. The first-order valence-corrected chi connectivity index (χ1v) is 5.82. The molecule has 19 heavy (non-hydrogen) atoms. The van der Waals surface area contributed by atoms with Crippen LogP contribution < -0.4 is 4.90 Å². The molecule has 1 aromatic heterocycles. The molecule has 0 unspecified atom stereocenters. The van der Waals surface area contributed by atoms with Crippen LogP contribution >= 0.6 is 0 Å². The van der Waals surface area contributed by atoms with Gasteiger partial charge in [0, 0.05) is 12.7 Å². The number of ether oxygens (including phenoxy) is 1. The average molecular weight is 276 g/mol. The summed E-state index contributed by atoms with van der Waals surface area (Å²) in [7, 11) is 0. The second-order valence-corrected chi connectivity index (χ2v) is 3.72. The fourth-order valence-corrected chi connectivity index (χ4v) is 1.46. The highest BCUT2D eigenvalue weighted by Crippen LogP contribution is 2.29. The third kappa shape index (κ3) is 4.42. The van der Waals surface area contributed by atoms with Crippen LogP contribution in [-0.2, 0) is 15.7 Å². The molecular formula is C12H15F3N2O2. The first-order chi connectivity index (χ1) is 8.88. The Labute approximate surface area is 109 Å². The van der Waals surface area contributed by atoms with Crippen molar-refractivity contribution < 1.29 is 22.7 Å². The van der Waals surface area contributed by atoms with Crippen LogP contribution in [0.2, 0.25) is 0 Å². The Kier molecular flexibility index (Phi) is 5.14. The largest absolute Gasteiger partial charge is 0.465 e. The second kappa shape index (κ2) is 6.40. The Hall–Kier alpha value is -1.79. The van der Waals surface area contributed by atoms with Gasteiger partial charge in [0.25, 0.3) is 0 Å². The topological polar surface area (TPSA) is 42.4 Å². The van der Waals surface area contributed by atoms with Gasteiger partial charge in [0.05, 0.1) is 12.2 Å². The Morgan fingerprint density at radius 2 is 2.05 bits per heavy atom. The monoisotopic (exact) mass is 276 g/mol. The molecular weight excluding hydrogens is 261 g/mol. The van der Waals surface area contributed by atoms with Crippen molar-refractivity contribution in [2.45, 2.75) is 20.0 Å². The minimum atomic E-state index is -4.41. The maximum Gasteiger partial charge on any atom is 0.417 e. The molecule has 0 N–H and O–H groups in total. The maximum absolute atomic E-state index is 12.4. The van der Waals surface area contributed by atoms with E-state index < -0.39 is 17.7 Å². The lowest BCUT2D eigenvalue weighted by atomic mass is 10.2. The number of pyridine rings is 1. The fourth-order valence-electron chi connectivity index (χ4n) is 1.46. The van der Waals surface area contributed by atoms with E-state index in [0.29, 0.717) is 12.4 Å². The van der Waals surface area contributed by atoms with E-state index in [4.69, 9.17) is 4.74 Å². The zero-order valence-electron chi connectivity index (χ0n) is 10.7. The number of hydrogen-bond donors (Lipinski definition) is 0. The van der Waals surface area contributed by atoms with Gasteiger partial charge >= 0.3 is 12.1 Å². The number of anilines is 1. The summed E-state index contributed by atoms with van der Waals surface area (Å²) < 4.78 is 41.9. The normalized spacial score (nSPS) is 11.2. The third-order valence-electron chi connectivity index (χ3n) is 2.41. The van der Waals surface area contributed by atoms with Crippen LogP contribution in [0.15, 0.2) is 18.3 Å². The van der Waals surface area contributed by atoms with E-state index in [2.05, 4.69) is 4.98 Å². The number of carbonyl (C=O) groups excluding carboxylic acids is 1. The molecule has 0 aromatic carbocycles. The molecule has 0 aliphatic carbocycles. The van der Waals surface area contributed by atoms with Crippen molar-refractivity contribution in [3.8, 4) is 0 Å². The van der Waals surface area contributed by atoms with Gasteiger partial charge < -0.3 is 9.64 Å². The van der Waals surface area contributed by atoms with Gasteiger partial charge in [-0.15, -0.1) is 0 Å². The van der Waals surface area contributed by atoms with Gasteiger partial charge in [-0.05, 0) is 26.0 Å². The summed E-state index contributed by atoms with van der Waals surface area (Å²) in [4.78, 5) is 16.6. The Morgan fingerprint density at radius 3 is 2.47 bits per heavy atom. The molecule has 106 valence electrons. The maximum atomic E-state index is 12.4. The molecule has 0 aliphatic rings. The number of esters is 1. The highest BCUT2D eigenvalue weighted by molar-refractivity contribution is 5.75. The van der Waals surface area contributed by atoms with E-state index in [-0.39, 0.29) is 13.2 Å². The van der Waals surface area contributed by atoms with Gasteiger partial charge in [-0.2, -0.15) is 13.2 Å². The first-order valence-electron chi connectivity index (χ1n) is 5.82. The average Bonchev–Trinajstić information content (AvgIpc) is 2.35. The zero-order chi connectivity index (χ0) is 14.5. The molecule has 0 saturated heterocycles. The zero-order valence-corrected chi connectivity index (χ0v) is 10.7. The number of alkyl halides is 3. The summed E-state index contributed by atoms with van der Waals surface area (Å²) >= 11 is 0. The SMILES string of the molecule is CCOC(=O)CN(CC)c1ccc(C(F)(F)F)cn1. The van der Waals surface area contributed by atoms with Gasteiger partial charge in [0.1, 0.15) is 12.4 Å². The summed E-state index contributed by atoms with van der Waals surface area (Å²) in [5.41, 5.74) is -0.816. The lowest BCUT2D eigenvalue weighted by Crippen LogP contribution is -2.31. The van der Waals surface area contributed by atoms with Gasteiger partial charge in [0.2, 0.25) is 0 Å². The molecule has 0 saturated carbocycles. The number of aromatic nitrogens is 1. The van der Waals surface area contributed by atoms with E-state index >= 15 is 0 Å². The van der Waals surface area contributed by atoms with E-state index in [1.54, 1.807) is 13.8 Å². The van der Waals surface area contributed by atoms with Gasteiger partial charge in [-0.25, -0.2) is 4.98 Å². The quantitative estimate of drug-likeness (QED) is 0.775. The summed E-state index contributed by atoms with van der Waals surface area (Å²) in [5.74, 6) is -0.130. The van der Waals surface area contributed by atoms with Crippen LogP contribution in [0.5, 0.6) is 0 Å². The van der Waals surface area contributed by atoms with E-state index in [1.165, 1.54) is 11.0 Å². The Bertz CT molecular complexity index is 418. The number of halogens is 3. The van der Waals surface area contributed by atoms with Crippen LogP contribution in [0.4, 0.5) is 19.0 Å². The highest BCUT2D eigenvalue weighted by atomic mass is 19.4. The molecule has 0 amide bonds. The predicted molar refractivity (Wildman–Crippen MR) is 63.8 cm³/mol. The van der Waals surface area contributed by atoms with Crippen molar-refractivity contribution >= 4 is 11.8 Å². The van der Waals surface area contributed by atoms with Gasteiger partial charge in [-0.3, -0.25) is 4.79 Å². The van der Waals surface area contributed by atoms with Crippen molar-refractivity contribution in [3.05, 3.63) is 23.9 Å². The molecule has 1 heterocycles. The lowest BCUT2D eigenvalue weighted by molar-refractivity contribution is -0.141. The molecule has 7 heteroatoms. The van der Waals surface area contributed by atoms with E-state index in [1.807, 2.05) is 0 Å². The summed E-state index contributed by atoms with van der Waals surface area (Å²) in [6.07, 6.45) is -3.66. The first kappa shape index (κ1) is 15.3. The van der Waals surface area contributed by atoms with Crippen LogP contribution in [0.25, 0.3) is 0 Å². The molecule has 1 aromatic rings. The molecule has 0 bridgehead atoms. The standard InChI is InChI=1S/C12H15F3N2O2/c1-3-17(8-11(18)19-4-2)10-6-5-9(7-16-10)12(13,14)15/h5-7H,3-4,8H2,1-2H3. The smallest absolute Gasteiger partial charge is 0.417 e. The van der Waals surface area contributed by atoms with E-state index in [0.717, 1.165) is 12.3 Å². The summed E-state index contributed by atoms with van der Waals surface area (Å²) in [6.45, 7) is 4.12.